The minimum absolute atomic E-state index is 0.288. The Morgan fingerprint density at radius 3 is 2.95 bits per heavy atom. The van der Waals surface area contributed by atoms with Gasteiger partial charge in [0.25, 0.3) is 5.91 Å². The third kappa shape index (κ3) is 2.83. The molecule has 0 radical (unpaired) electrons. The normalized spacial score (nSPS) is 16.0. The molecule has 104 valence electrons. The number of pyridine rings is 1. The van der Waals surface area contributed by atoms with Crippen LogP contribution < -0.4 is 10.6 Å². The minimum atomic E-state index is -0.288. The Morgan fingerprint density at radius 1 is 1.35 bits per heavy atom. The number of carbonyl (C=O) groups is 1. The average molecular weight is 272 g/mol. The first-order chi connectivity index (χ1) is 9.83. The van der Waals surface area contributed by atoms with Gasteiger partial charge in [0.15, 0.2) is 5.69 Å². The number of hydrogen-bond acceptors (Lipinski definition) is 5. The number of rotatable bonds is 3. The fraction of sp³-hybridized carbons (Fsp3) is 0.385. The van der Waals surface area contributed by atoms with Crippen molar-refractivity contribution in [3.05, 3.63) is 36.3 Å². The van der Waals surface area contributed by atoms with Crippen molar-refractivity contribution in [2.45, 2.75) is 18.9 Å². The molecular formula is C13H16N6O. The number of hydrogen-bond donors (Lipinski definition) is 2. The van der Waals surface area contributed by atoms with E-state index in [1.165, 1.54) is 0 Å². The molecule has 0 aromatic carbocycles. The van der Waals surface area contributed by atoms with Gasteiger partial charge in [-0.1, -0.05) is 11.3 Å². The van der Waals surface area contributed by atoms with Crippen molar-refractivity contribution in [1.82, 2.24) is 25.3 Å². The Hall–Kier alpha value is -2.28. The molecule has 0 aliphatic carbocycles. The highest BCUT2D eigenvalue weighted by Gasteiger charge is 2.18. The van der Waals surface area contributed by atoms with E-state index in [1.807, 2.05) is 6.07 Å². The second-order valence-corrected chi connectivity index (χ2v) is 4.73. The van der Waals surface area contributed by atoms with Gasteiger partial charge in [-0.25, -0.2) is 9.67 Å². The van der Waals surface area contributed by atoms with Crippen LogP contribution in [0.3, 0.4) is 0 Å². The van der Waals surface area contributed by atoms with E-state index in [0.29, 0.717) is 17.6 Å². The second kappa shape index (κ2) is 5.79. The molecule has 2 N–H and O–H groups in total. The quantitative estimate of drug-likeness (QED) is 0.865. The largest absolute Gasteiger partial charge is 0.317 e. The van der Waals surface area contributed by atoms with E-state index in [1.54, 1.807) is 29.2 Å². The van der Waals surface area contributed by atoms with Gasteiger partial charge in [-0.3, -0.25) is 4.79 Å². The van der Waals surface area contributed by atoms with E-state index in [0.717, 1.165) is 25.9 Å². The maximum atomic E-state index is 12.0. The maximum absolute atomic E-state index is 12.0. The van der Waals surface area contributed by atoms with Crippen molar-refractivity contribution in [3.8, 4) is 0 Å². The smallest absolute Gasteiger partial charge is 0.278 e. The summed E-state index contributed by atoms with van der Waals surface area (Å²) >= 11 is 0. The Kier molecular flexibility index (Phi) is 3.69. The first-order valence-corrected chi connectivity index (χ1v) is 6.68. The van der Waals surface area contributed by atoms with Crippen LogP contribution in [-0.2, 0) is 0 Å². The highest BCUT2D eigenvalue weighted by molar-refractivity contribution is 6.01. The summed E-state index contributed by atoms with van der Waals surface area (Å²) in [7, 11) is 0. The van der Waals surface area contributed by atoms with Gasteiger partial charge in [-0.2, -0.15) is 0 Å². The molecular weight excluding hydrogens is 256 g/mol. The Bertz CT molecular complexity index is 576. The second-order valence-electron chi connectivity index (χ2n) is 4.73. The highest BCUT2D eigenvalue weighted by atomic mass is 16.2. The summed E-state index contributed by atoms with van der Waals surface area (Å²) in [5, 5.41) is 14.0. The lowest BCUT2D eigenvalue weighted by atomic mass is 10.1. The van der Waals surface area contributed by atoms with Crippen LogP contribution in [0.1, 0.15) is 29.4 Å². The van der Waals surface area contributed by atoms with Gasteiger partial charge in [0.05, 0.1) is 12.2 Å². The van der Waals surface area contributed by atoms with Gasteiger partial charge in [-0.15, -0.1) is 5.10 Å². The molecule has 1 saturated heterocycles. The number of anilines is 1. The third-order valence-corrected chi connectivity index (χ3v) is 3.33. The Morgan fingerprint density at radius 2 is 2.20 bits per heavy atom. The van der Waals surface area contributed by atoms with Crippen LogP contribution in [0.2, 0.25) is 0 Å². The van der Waals surface area contributed by atoms with Crippen LogP contribution in [-0.4, -0.2) is 39.0 Å². The van der Waals surface area contributed by atoms with Gasteiger partial charge in [0.1, 0.15) is 5.82 Å². The van der Waals surface area contributed by atoms with Crippen molar-refractivity contribution >= 4 is 11.7 Å². The molecule has 2 aromatic heterocycles. The summed E-state index contributed by atoms with van der Waals surface area (Å²) in [6.45, 7) is 1.94. The number of nitrogens with one attached hydrogen (secondary N) is 2. The number of carbonyl (C=O) groups excluding carboxylic acids is 1. The zero-order valence-corrected chi connectivity index (χ0v) is 11.0. The van der Waals surface area contributed by atoms with Crippen LogP contribution in [0.5, 0.6) is 0 Å². The predicted molar refractivity (Wildman–Crippen MR) is 73.4 cm³/mol. The lowest BCUT2D eigenvalue weighted by Crippen LogP contribution is -2.29. The summed E-state index contributed by atoms with van der Waals surface area (Å²) in [6, 6.07) is 5.66. The van der Waals surface area contributed by atoms with Gasteiger partial charge in [0, 0.05) is 6.20 Å². The van der Waals surface area contributed by atoms with Crippen molar-refractivity contribution in [3.63, 3.8) is 0 Å². The van der Waals surface area contributed by atoms with Crippen LogP contribution in [0.4, 0.5) is 5.82 Å². The topological polar surface area (TPSA) is 84.7 Å². The summed E-state index contributed by atoms with van der Waals surface area (Å²) < 4.78 is 1.79. The average Bonchev–Trinajstić information content (AvgIpc) is 2.99. The molecule has 3 rings (SSSR count). The molecule has 1 amide bonds. The number of piperidine rings is 1. The van der Waals surface area contributed by atoms with Crippen LogP contribution >= 0.6 is 0 Å². The van der Waals surface area contributed by atoms with Crippen molar-refractivity contribution < 1.29 is 4.79 Å². The van der Waals surface area contributed by atoms with E-state index in [9.17, 15) is 4.79 Å². The van der Waals surface area contributed by atoms with Crippen LogP contribution in [0.25, 0.3) is 0 Å². The van der Waals surface area contributed by atoms with E-state index in [-0.39, 0.29) is 5.91 Å². The minimum Gasteiger partial charge on any atom is -0.317 e. The molecule has 1 aliphatic heterocycles. The van der Waals surface area contributed by atoms with E-state index in [4.69, 9.17) is 0 Å². The predicted octanol–water partition coefficient (Wildman–Crippen LogP) is 0.850. The number of aromatic nitrogens is 4. The molecule has 7 nitrogen and oxygen atoms in total. The van der Waals surface area contributed by atoms with Gasteiger partial charge < -0.3 is 10.6 Å². The molecule has 2 aromatic rings. The number of amides is 1. The van der Waals surface area contributed by atoms with E-state index < -0.39 is 0 Å². The molecule has 0 bridgehead atoms. The first-order valence-electron chi connectivity index (χ1n) is 6.68. The summed E-state index contributed by atoms with van der Waals surface area (Å²) in [4.78, 5) is 16.1. The SMILES string of the molecule is O=C(Nc1ccccn1)c1cn(C2CCNCC2)nn1. The van der Waals surface area contributed by atoms with E-state index >= 15 is 0 Å². The van der Waals surface area contributed by atoms with Crippen LogP contribution in [0, 0.1) is 0 Å². The molecule has 0 unspecified atom stereocenters. The van der Waals surface area contributed by atoms with Gasteiger partial charge in [0.2, 0.25) is 0 Å². The Labute approximate surface area is 116 Å². The van der Waals surface area contributed by atoms with Crippen molar-refractivity contribution in [2.24, 2.45) is 0 Å². The third-order valence-electron chi connectivity index (χ3n) is 3.33. The summed E-state index contributed by atoms with van der Waals surface area (Å²) in [5.41, 5.74) is 0.314. The highest BCUT2D eigenvalue weighted by Crippen LogP contribution is 2.17. The molecule has 0 atom stereocenters. The molecule has 0 spiro atoms. The number of nitrogens with zero attached hydrogens (tertiary/aromatic N) is 4. The standard InChI is InChI=1S/C13H16N6O/c20-13(16-12-3-1-2-6-15-12)11-9-19(18-17-11)10-4-7-14-8-5-10/h1-3,6,9-10,14H,4-5,7-8H2,(H,15,16,20). The lowest BCUT2D eigenvalue weighted by Gasteiger charge is -2.22. The lowest BCUT2D eigenvalue weighted by molar-refractivity contribution is 0.102. The van der Waals surface area contributed by atoms with Crippen molar-refractivity contribution in [2.75, 3.05) is 18.4 Å². The monoisotopic (exact) mass is 272 g/mol. The molecule has 20 heavy (non-hydrogen) atoms. The maximum Gasteiger partial charge on any atom is 0.278 e. The Balaban J connectivity index is 1.68. The molecule has 1 fully saturated rings. The van der Waals surface area contributed by atoms with Crippen molar-refractivity contribution in [1.29, 1.82) is 0 Å². The van der Waals surface area contributed by atoms with Gasteiger partial charge in [-0.05, 0) is 38.1 Å². The summed E-state index contributed by atoms with van der Waals surface area (Å²) in [5.74, 6) is 0.220. The molecule has 1 aliphatic rings. The van der Waals surface area contributed by atoms with Crippen LogP contribution in [0.15, 0.2) is 30.6 Å². The molecule has 7 heteroatoms. The van der Waals surface area contributed by atoms with E-state index in [2.05, 4.69) is 25.9 Å². The molecule has 0 saturated carbocycles. The zero-order valence-electron chi connectivity index (χ0n) is 11.0. The fourth-order valence-corrected chi connectivity index (χ4v) is 2.25. The fourth-order valence-electron chi connectivity index (χ4n) is 2.25. The first kappa shape index (κ1) is 12.7. The molecule has 3 heterocycles. The zero-order chi connectivity index (χ0) is 13.8. The van der Waals surface area contributed by atoms with Gasteiger partial charge >= 0.3 is 0 Å². The summed E-state index contributed by atoms with van der Waals surface area (Å²) in [6.07, 6.45) is 5.34.